The van der Waals surface area contributed by atoms with Crippen LogP contribution in [0.15, 0.2) is 6.07 Å². The largest absolute Gasteiger partial charge is 0.504 e. The van der Waals surface area contributed by atoms with Gasteiger partial charge in [-0.15, -0.1) is 11.8 Å². The summed E-state index contributed by atoms with van der Waals surface area (Å²) in [5.74, 6) is -0.332. The van der Waals surface area contributed by atoms with Crippen LogP contribution in [0.2, 0.25) is 0 Å². The maximum absolute atomic E-state index is 13.3. The number of thioether (sulfide) groups is 1. The van der Waals surface area contributed by atoms with Gasteiger partial charge < -0.3 is 38.6 Å². The summed E-state index contributed by atoms with van der Waals surface area (Å²) in [6.45, 7) is 5.91. The lowest BCUT2D eigenvalue weighted by Gasteiger charge is -2.62. The Morgan fingerprint density at radius 2 is 1.78 bits per heavy atom. The van der Waals surface area contributed by atoms with E-state index in [2.05, 4.69) is 4.90 Å². The van der Waals surface area contributed by atoms with E-state index in [9.17, 15) is 24.6 Å². The van der Waals surface area contributed by atoms with Gasteiger partial charge in [0.2, 0.25) is 12.9 Å². The first kappa shape index (κ1) is 30.9. The second-order valence-corrected chi connectivity index (χ2v) is 13.5. The van der Waals surface area contributed by atoms with E-state index < -0.39 is 53.6 Å². The van der Waals surface area contributed by atoms with Gasteiger partial charge in [-0.1, -0.05) is 6.07 Å². The molecule has 0 aliphatic carbocycles. The lowest BCUT2D eigenvalue weighted by atomic mass is 9.73. The highest BCUT2D eigenvalue weighted by Crippen LogP contribution is 2.63. The van der Waals surface area contributed by atoms with E-state index in [1.165, 1.54) is 32.7 Å². The molecule has 46 heavy (non-hydrogen) atoms. The van der Waals surface area contributed by atoms with Crippen LogP contribution in [0.3, 0.4) is 0 Å². The number of aliphatic hydroxyl groups excluding tert-OH is 1. The number of piperazine rings is 1. The molecule has 14 heteroatoms. The third-order valence-corrected chi connectivity index (χ3v) is 11.1. The molecular weight excluding hydrogens is 620 g/mol. The van der Waals surface area contributed by atoms with Gasteiger partial charge in [0.15, 0.2) is 23.0 Å². The van der Waals surface area contributed by atoms with Crippen LogP contribution < -0.4 is 18.9 Å². The molecule has 7 rings (SSSR count). The molecule has 1 unspecified atom stereocenters. The van der Waals surface area contributed by atoms with E-state index in [0.29, 0.717) is 51.7 Å². The minimum atomic E-state index is -1.19. The van der Waals surface area contributed by atoms with Gasteiger partial charge in [0.25, 0.3) is 0 Å². The minimum absolute atomic E-state index is 0.0105. The van der Waals surface area contributed by atoms with E-state index in [4.69, 9.17) is 28.4 Å². The van der Waals surface area contributed by atoms with Crippen LogP contribution >= 0.6 is 11.8 Å². The number of hydrogen-bond donors (Lipinski definition) is 2. The molecule has 0 aromatic heterocycles. The third kappa shape index (κ3) is 4.44. The summed E-state index contributed by atoms with van der Waals surface area (Å²) in [5.41, 5.74) is 4.14. The minimum Gasteiger partial charge on any atom is -0.504 e. The summed E-state index contributed by atoms with van der Waals surface area (Å²) >= 11 is 1.32. The number of esters is 3. The quantitative estimate of drug-likeness (QED) is 0.368. The third-order valence-electron chi connectivity index (χ3n) is 9.76. The number of benzene rings is 2. The number of aromatic hydroxyl groups is 1. The number of rotatable bonds is 3. The predicted octanol–water partition coefficient (Wildman–Crippen LogP) is 2.59. The van der Waals surface area contributed by atoms with Gasteiger partial charge in [0.05, 0.1) is 30.5 Å². The molecule has 0 radical (unpaired) electrons. The molecule has 5 heterocycles. The molecule has 5 aliphatic rings. The number of hydrogen-bond acceptors (Lipinski definition) is 14. The van der Waals surface area contributed by atoms with Crippen molar-refractivity contribution in [3.8, 4) is 28.7 Å². The van der Waals surface area contributed by atoms with Crippen molar-refractivity contribution in [2.45, 2.75) is 75.9 Å². The summed E-state index contributed by atoms with van der Waals surface area (Å²) in [4.78, 5) is 41.9. The molecule has 0 amide bonds. The van der Waals surface area contributed by atoms with Gasteiger partial charge >= 0.3 is 17.9 Å². The van der Waals surface area contributed by atoms with Gasteiger partial charge in [-0.3, -0.25) is 19.4 Å². The van der Waals surface area contributed by atoms with E-state index >= 15 is 0 Å². The molecule has 5 aliphatic heterocycles. The number of aryl methyl sites for hydroxylation is 1. The van der Waals surface area contributed by atoms with Crippen molar-refractivity contribution in [2.24, 2.45) is 0 Å². The number of likely N-dealkylation sites (N-methyl/N-ethyl adjacent to an activating group) is 1. The van der Waals surface area contributed by atoms with Gasteiger partial charge in [-0.2, -0.15) is 0 Å². The summed E-state index contributed by atoms with van der Waals surface area (Å²) in [5, 5.41) is 23.4. The first-order valence-corrected chi connectivity index (χ1v) is 16.2. The number of phenols is 1. The summed E-state index contributed by atoms with van der Waals surface area (Å²) < 4.78 is 34.7. The van der Waals surface area contributed by atoms with Crippen LogP contribution in [0, 0.1) is 13.8 Å². The molecule has 246 valence electrons. The highest BCUT2D eigenvalue weighted by molar-refractivity contribution is 7.99. The second kappa shape index (κ2) is 11.2. The maximum atomic E-state index is 13.3. The number of aliphatic hydroxyl groups is 1. The molecule has 0 spiro atoms. The Labute approximate surface area is 269 Å². The van der Waals surface area contributed by atoms with E-state index in [1.54, 1.807) is 6.92 Å². The van der Waals surface area contributed by atoms with Crippen LogP contribution in [0.1, 0.15) is 64.6 Å². The fraction of sp³-hybridized carbons (Fsp3) is 0.531. The van der Waals surface area contributed by atoms with Crippen LogP contribution in [0.4, 0.5) is 0 Å². The number of carbonyl (C=O) groups is 3. The average Bonchev–Trinajstić information content (AvgIpc) is 3.48. The summed E-state index contributed by atoms with van der Waals surface area (Å²) in [6.07, 6.45) is -1.79. The van der Waals surface area contributed by atoms with Crippen LogP contribution in [0.25, 0.3) is 0 Å². The topological polar surface area (TPSA) is 154 Å². The predicted molar refractivity (Wildman–Crippen MR) is 162 cm³/mol. The molecule has 2 fully saturated rings. The number of fused-ring (bicyclic) bond motifs is 9. The lowest BCUT2D eigenvalue weighted by Crippen LogP contribution is -2.69. The standard InChI is InChI=1S/C32H36N2O11S/c1-12-7-16-8-17-31(38)34-18-9-41-32(39)19(44-14(3)35)10-46-30(24(34)23(33(17)5)20(16)25(37)26(12)40-6)22-21(18)29-28(42-11-43-29)13(2)27(22)45-15(4)36/h7,17-19,23-24,30-31,37-38H,8-11H2,1-6H3/t17-,18+,19+,23+,24?,30+,31-/m0/s1. The Morgan fingerprint density at radius 1 is 1.04 bits per heavy atom. The molecule has 7 atom stereocenters. The Morgan fingerprint density at radius 3 is 2.48 bits per heavy atom. The van der Waals surface area contributed by atoms with Gasteiger partial charge in [-0.25, -0.2) is 4.79 Å². The second-order valence-electron chi connectivity index (χ2n) is 12.3. The Hall–Kier alpha value is -3.72. The first-order chi connectivity index (χ1) is 21.9. The van der Waals surface area contributed by atoms with Crippen molar-refractivity contribution in [3.63, 3.8) is 0 Å². The average molecular weight is 657 g/mol. The summed E-state index contributed by atoms with van der Waals surface area (Å²) in [7, 11) is 3.43. The Bertz CT molecular complexity index is 1660. The molecular formula is C32H36N2O11S. The molecule has 13 nitrogen and oxygen atoms in total. The number of methoxy groups -OCH3 is 1. The summed E-state index contributed by atoms with van der Waals surface area (Å²) in [6, 6.07) is -0.231. The molecule has 2 aromatic carbocycles. The smallest absolute Gasteiger partial charge is 0.348 e. The Balaban J connectivity index is 1.52. The van der Waals surface area contributed by atoms with Crippen molar-refractivity contribution < 1.29 is 53.0 Å². The van der Waals surface area contributed by atoms with Crippen molar-refractivity contribution >= 4 is 29.7 Å². The number of nitrogens with zero attached hydrogens (tertiary/aromatic N) is 2. The van der Waals surface area contributed by atoms with E-state index in [0.717, 1.165) is 11.1 Å². The van der Waals surface area contributed by atoms with Crippen molar-refractivity contribution in [3.05, 3.63) is 39.4 Å². The van der Waals surface area contributed by atoms with Crippen LogP contribution in [-0.4, -0.2) is 95.6 Å². The van der Waals surface area contributed by atoms with Crippen molar-refractivity contribution in [1.29, 1.82) is 0 Å². The highest BCUT2D eigenvalue weighted by Gasteiger charge is 2.60. The zero-order chi connectivity index (χ0) is 32.8. The first-order valence-electron chi connectivity index (χ1n) is 15.1. The number of carbonyl (C=O) groups excluding carboxylic acids is 3. The SMILES string of the molecule is COc1c(C)cc2c(c1O)[C@@H]1C3[C@@H]4SC[C@@H](OC(C)=O)C(=O)OC[C@H](c5c6c(c(C)c(OC(C)=O)c54)OCO6)N3[C@@H](O)[C@H](C2)N1C. The van der Waals surface area contributed by atoms with Gasteiger partial charge in [-0.05, 0) is 38.4 Å². The highest BCUT2D eigenvalue weighted by atomic mass is 32.2. The number of cyclic esters (lactones) is 1. The normalized spacial score (nSPS) is 29.6. The van der Waals surface area contributed by atoms with Gasteiger partial charge in [0, 0.05) is 47.9 Å². The Kier molecular flexibility index (Phi) is 7.54. The zero-order valence-electron chi connectivity index (χ0n) is 26.3. The van der Waals surface area contributed by atoms with E-state index in [1.807, 2.05) is 24.9 Å². The fourth-order valence-corrected chi connectivity index (χ4v) is 9.52. The molecule has 2 N–H and O–H groups in total. The lowest BCUT2D eigenvalue weighted by molar-refractivity contribution is -0.188. The molecule has 0 saturated carbocycles. The zero-order valence-corrected chi connectivity index (χ0v) is 27.1. The van der Waals surface area contributed by atoms with Crippen molar-refractivity contribution in [1.82, 2.24) is 9.80 Å². The van der Waals surface area contributed by atoms with Crippen molar-refractivity contribution in [2.75, 3.05) is 33.3 Å². The van der Waals surface area contributed by atoms with E-state index in [-0.39, 0.29) is 30.9 Å². The number of ether oxygens (including phenoxy) is 6. The molecule has 2 saturated heterocycles. The maximum Gasteiger partial charge on any atom is 0.348 e. The number of phenolic OH excluding ortho intramolecular Hbond substituents is 1. The molecule has 4 bridgehead atoms. The van der Waals surface area contributed by atoms with Gasteiger partial charge in [0.1, 0.15) is 18.6 Å². The van der Waals surface area contributed by atoms with Crippen LogP contribution in [-0.2, 0) is 30.3 Å². The molecule has 2 aromatic rings. The van der Waals surface area contributed by atoms with Crippen LogP contribution in [0.5, 0.6) is 28.7 Å². The fourth-order valence-electron chi connectivity index (χ4n) is 8.04. The monoisotopic (exact) mass is 656 g/mol.